The Hall–Kier alpha value is -2.91. The maximum absolute atomic E-state index is 13.2. The van der Waals surface area contributed by atoms with Gasteiger partial charge in [0.25, 0.3) is 0 Å². The van der Waals surface area contributed by atoms with Gasteiger partial charge in [-0.05, 0) is 25.0 Å². The fourth-order valence-corrected chi connectivity index (χ4v) is 2.59. The van der Waals surface area contributed by atoms with Crippen LogP contribution in [0.5, 0.6) is 0 Å². The molecule has 27 heavy (non-hydrogen) atoms. The number of anilines is 1. The molecule has 0 unspecified atom stereocenters. The summed E-state index contributed by atoms with van der Waals surface area (Å²) in [6, 6.07) is 2.83. The summed E-state index contributed by atoms with van der Waals surface area (Å²) >= 11 is 0. The first kappa shape index (κ1) is 18.9. The number of hydrogen-bond donors (Lipinski definition) is 1. The van der Waals surface area contributed by atoms with Gasteiger partial charge < -0.3 is 5.32 Å². The van der Waals surface area contributed by atoms with Gasteiger partial charge in [-0.2, -0.15) is 23.4 Å². The molecule has 0 fully saturated rings. The minimum absolute atomic E-state index is 0.0623. The van der Waals surface area contributed by atoms with E-state index in [1.54, 1.807) is 19.4 Å². The van der Waals surface area contributed by atoms with Gasteiger partial charge in [-0.1, -0.05) is 6.92 Å². The molecule has 0 bridgehead atoms. The van der Waals surface area contributed by atoms with E-state index in [4.69, 9.17) is 0 Å². The predicted octanol–water partition coefficient (Wildman–Crippen LogP) is 3.15. The van der Waals surface area contributed by atoms with Crippen molar-refractivity contribution in [1.29, 1.82) is 0 Å². The summed E-state index contributed by atoms with van der Waals surface area (Å²) in [5.41, 5.74) is 0.697. The Kier molecular flexibility index (Phi) is 5.15. The van der Waals surface area contributed by atoms with Crippen molar-refractivity contribution in [3.05, 3.63) is 42.1 Å². The molecule has 0 aliphatic heterocycles. The number of halogens is 3. The van der Waals surface area contributed by atoms with Crippen LogP contribution in [0.3, 0.4) is 0 Å². The highest BCUT2D eigenvalue weighted by molar-refractivity contribution is 5.59. The second-order valence-corrected chi connectivity index (χ2v) is 6.50. The van der Waals surface area contributed by atoms with Gasteiger partial charge in [0, 0.05) is 43.8 Å². The second kappa shape index (κ2) is 7.37. The lowest BCUT2D eigenvalue weighted by molar-refractivity contribution is -0.141. The molecule has 0 saturated heterocycles. The van der Waals surface area contributed by atoms with Crippen LogP contribution in [0.25, 0.3) is 11.3 Å². The molecule has 3 aromatic heterocycles. The molecule has 0 amide bonds. The minimum atomic E-state index is -4.56. The number of nitrogens with one attached hydrogen (secondary N) is 1. The van der Waals surface area contributed by atoms with Crippen LogP contribution < -0.4 is 5.32 Å². The van der Waals surface area contributed by atoms with Crippen LogP contribution in [0.4, 0.5) is 19.1 Å². The van der Waals surface area contributed by atoms with Gasteiger partial charge in [0.2, 0.25) is 5.95 Å². The number of aryl methyl sites for hydroxylation is 2. The molecule has 3 heterocycles. The lowest BCUT2D eigenvalue weighted by atomic mass is 10.2. The quantitative estimate of drug-likeness (QED) is 0.712. The summed E-state index contributed by atoms with van der Waals surface area (Å²) in [6.07, 6.45) is 0.227. The fourth-order valence-electron chi connectivity index (χ4n) is 2.59. The topological polar surface area (TPSA) is 73.5 Å². The number of nitrogens with zero attached hydrogens (tertiary/aromatic N) is 6. The molecule has 10 heteroatoms. The first-order valence-corrected chi connectivity index (χ1v) is 8.40. The first-order chi connectivity index (χ1) is 12.7. The van der Waals surface area contributed by atoms with Gasteiger partial charge >= 0.3 is 6.18 Å². The molecule has 0 spiro atoms. The highest BCUT2D eigenvalue weighted by Gasteiger charge is 2.34. The molecule has 3 rings (SSSR count). The van der Waals surface area contributed by atoms with Crippen molar-refractivity contribution >= 4 is 5.95 Å². The lowest BCUT2D eigenvalue weighted by Gasteiger charge is -2.15. The zero-order valence-electron chi connectivity index (χ0n) is 15.2. The van der Waals surface area contributed by atoms with Crippen molar-refractivity contribution in [3.63, 3.8) is 0 Å². The Morgan fingerprint density at radius 2 is 2.00 bits per heavy atom. The summed E-state index contributed by atoms with van der Waals surface area (Å²) in [6.45, 7) is 4.97. The molecular weight excluding hydrogens is 359 g/mol. The third kappa shape index (κ3) is 4.63. The molecule has 7 nitrogen and oxygen atoms in total. The average Bonchev–Trinajstić information content (AvgIpc) is 3.21. The van der Waals surface area contributed by atoms with Crippen molar-refractivity contribution in [1.82, 2.24) is 29.5 Å². The van der Waals surface area contributed by atoms with E-state index < -0.39 is 11.9 Å². The van der Waals surface area contributed by atoms with E-state index in [1.165, 1.54) is 10.9 Å². The maximum atomic E-state index is 13.2. The van der Waals surface area contributed by atoms with E-state index in [2.05, 4.69) is 25.5 Å². The van der Waals surface area contributed by atoms with E-state index in [9.17, 15) is 13.2 Å². The molecule has 0 aliphatic rings. The normalized spacial score (nSPS) is 13.0. The highest BCUT2D eigenvalue weighted by Crippen LogP contribution is 2.31. The third-order valence-corrected chi connectivity index (χ3v) is 4.04. The zero-order valence-corrected chi connectivity index (χ0v) is 15.2. The highest BCUT2D eigenvalue weighted by atomic mass is 19.4. The Balaban J connectivity index is 1.78. The van der Waals surface area contributed by atoms with Crippen molar-refractivity contribution in [2.75, 3.05) is 11.9 Å². The van der Waals surface area contributed by atoms with Gasteiger partial charge in [0.15, 0.2) is 5.69 Å². The molecule has 0 saturated carbocycles. The fraction of sp³-hybridized carbons (Fsp3) is 0.412. The second-order valence-electron chi connectivity index (χ2n) is 6.50. The SMILES string of the molecule is Cc1ccnn1C[C@H](C)CNc1nc(-c2cnn(C)c2)cc(C(F)(F)F)n1. The summed E-state index contributed by atoms with van der Waals surface area (Å²) in [5.74, 6) is 0.0521. The zero-order chi connectivity index (χ0) is 19.6. The molecule has 3 aromatic rings. The van der Waals surface area contributed by atoms with E-state index in [-0.39, 0.29) is 17.6 Å². The molecule has 1 atom stereocenters. The standard InChI is InChI=1S/C17H20F3N7/c1-11(9-27-12(2)4-5-22-27)7-21-16-24-14(13-8-23-26(3)10-13)6-15(25-16)17(18,19)20/h4-6,8,10-11H,7,9H2,1-3H3,(H,21,24,25)/t11-/m1/s1. The Bertz CT molecular complexity index is 913. The summed E-state index contributed by atoms with van der Waals surface area (Å²) in [4.78, 5) is 7.85. The number of rotatable bonds is 6. The third-order valence-electron chi connectivity index (χ3n) is 4.04. The molecule has 144 valence electrons. The lowest BCUT2D eigenvalue weighted by Crippen LogP contribution is -2.20. The van der Waals surface area contributed by atoms with Crippen LogP contribution in [0.2, 0.25) is 0 Å². The summed E-state index contributed by atoms with van der Waals surface area (Å²) in [7, 11) is 1.69. The molecular formula is C17H20F3N7. The van der Waals surface area contributed by atoms with Crippen molar-refractivity contribution in [2.24, 2.45) is 13.0 Å². The van der Waals surface area contributed by atoms with Gasteiger partial charge in [-0.15, -0.1) is 0 Å². The van der Waals surface area contributed by atoms with Crippen molar-refractivity contribution in [2.45, 2.75) is 26.6 Å². The largest absolute Gasteiger partial charge is 0.433 e. The van der Waals surface area contributed by atoms with Gasteiger partial charge in [-0.25, -0.2) is 9.97 Å². The van der Waals surface area contributed by atoms with Gasteiger partial charge in [0.1, 0.15) is 0 Å². The van der Waals surface area contributed by atoms with Crippen LogP contribution in [-0.4, -0.2) is 36.1 Å². The predicted molar refractivity (Wildman–Crippen MR) is 93.9 cm³/mol. The summed E-state index contributed by atoms with van der Waals surface area (Å²) in [5, 5.41) is 11.1. The van der Waals surface area contributed by atoms with E-state index >= 15 is 0 Å². The van der Waals surface area contributed by atoms with Crippen molar-refractivity contribution < 1.29 is 13.2 Å². The van der Waals surface area contributed by atoms with Crippen LogP contribution in [0.1, 0.15) is 18.3 Å². The number of alkyl halides is 3. The Labute approximate surface area is 154 Å². The number of aromatic nitrogens is 6. The van der Waals surface area contributed by atoms with Crippen LogP contribution >= 0.6 is 0 Å². The molecule has 0 aromatic carbocycles. The number of hydrogen-bond acceptors (Lipinski definition) is 5. The van der Waals surface area contributed by atoms with Crippen LogP contribution in [-0.2, 0) is 19.8 Å². The molecule has 1 N–H and O–H groups in total. The van der Waals surface area contributed by atoms with E-state index in [1.807, 2.05) is 24.6 Å². The summed E-state index contributed by atoms with van der Waals surface area (Å²) < 4.78 is 43.0. The van der Waals surface area contributed by atoms with Gasteiger partial charge in [-0.3, -0.25) is 9.36 Å². The van der Waals surface area contributed by atoms with Crippen LogP contribution in [0.15, 0.2) is 30.7 Å². The average molecular weight is 379 g/mol. The first-order valence-electron chi connectivity index (χ1n) is 8.40. The molecule has 0 radical (unpaired) electrons. The molecule has 0 aliphatic carbocycles. The Morgan fingerprint density at radius 3 is 2.59 bits per heavy atom. The Morgan fingerprint density at radius 1 is 1.22 bits per heavy atom. The van der Waals surface area contributed by atoms with Crippen LogP contribution in [0, 0.1) is 12.8 Å². The van der Waals surface area contributed by atoms with Gasteiger partial charge in [0.05, 0.1) is 11.9 Å². The van der Waals surface area contributed by atoms with E-state index in [0.717, 1.165) is 11.8 Å². The van der Waals surface area contributed by atoms with Crippen molar-refractivity contribution in [3.8, 4) is 11.3 Å². The van der Waals surface area contributed by atoms with E-state index in [0.29, 0.717) is 18.7 Å². The monoisotopic (exact) mass is 379 g/mol. The maximum Gasteiger partial charge on any atom is 0.433 e. The minimum Gasteiger partial charge on any atom is -0.354 e. The smallest absolute Gasteiger partial charge is 0.354 e.